The van der Waals surface area contributed by atoms with E-state index in [1.165, 1.54) is 9.75 Å². The fourth-order valence-electron chi connectivity index (χ4n) is 2.30. The Bertz CT molecular complexity index is 555. The lowest BCUT2D eigenvalue weighted by Crippen LogP contribution is -2.14. The van der Waals surface area contributed by atoms with Crippen LogP contribution in [0.3, 0.4) is 0 Å². The zero-order valence-corrected chi connectivity index (χ0v) is 12.5. The maximum Gasteiger partial charge on any atom is 0.127 e. The van der Waals surface area contributed by atoms with Gasteiger partial charge in [0.15, 0.2) is 0 Å². The van der Waals surface area contributed by atoms with Crippen LogP contribution in [0, 0.1) is 13.8 Å². The van der Waals surface area contributed by atoms with Gasteiger partial charge in [0.25, 0.3) is 0 Å². The maximum atomic E-state index is 6.43. The number of ether oxygens (including phenoxy) is 2. The first kappa shape index (κ1) is 13.9. The summed E-state index contributed by atoms with van der Waals surface area (Å²) in [7, 11) is 3.30. The molecule has 2 rings (SSSR count). The van der Waals surface area contributed by atoms with Gasteiger partial charge >= 0.3 is 0 Å². The number of aryl methyl sites for hydroxylation is 2. The van der Waals surface area contributed by atoms with Crippen LogP contribution < -0.4 is 15.2 Å². The minimum absolute atomic E-state index is 0.240. The van der Waals surface area contributed by atoms with Crippen molar-refractivity contribution in [2.45, 2.75) is 19.9 Å². The molecule has 0 saturated heterocycles. The summed E-state index contributed by atoms with van der Waals surface area (Å²) in [6.45, 7) is 4.18. The molecule has 102 valence electrons. The van der Waals surface area contributed by atoms with Crippen LogP contribution in [0.25, 0.3) is 0 Å². The number of rotatable bonds is 4. The zero-order chi connectivity index (χ0) is 14.0. The first-order valence-electron chi connectivity index (χ1n) is 6.12. The average molecular weight is 277 g/mol. The van der Waals surface area contributed by atoms with Gasteiger partial charge in [0.1, 0.15) is 11.5 Å². The van der Waals surface area contributed by atoms with Gasteiger partial charge in [-0.05, 0) is 37.6 Å². The lowest BCUT2D eigenvalue weighted by molar-refractivity contribution is 0.382. The van der Waals surface area contributed by atoms with Crippen LogP contribution in [0.5, 0.6) is 11.5 Å². The molecule has 2 N–H and O–H groups in total. The molecule has 1 atom stereocenters. The fraction of sp³-hybridized carbons (Fsp3) is 0.333. The van der Waals surface area contributed by atoms with Crippen molar-refractivity contribution in [2.24, 2.45) is 5.73 Å². The van der Waals surface area contributed by atoms with Gasteiger partial charge in [0, 0.05) is 9.75 Å². The molecule has 19 heavy (non-hydrogen) atoms. The van der Waals surface area contributed by atoms with Gasteiger partial charge < -0.3 is 15.2 Å². The molecule has 0 spiro atoms. The van der Waals surface area contributed by atoms with E-state index in [-0.39, 0.29) is 6.04 Å². The number of thiophene rings is 1. The fourth-order valence-corrected chi connectivity index (χ4v) is 3.27. The van der Waals surface area contributed by atoms with Crippen LogP contribution in [0.1, 0.15) is 26.9 Å². The molecule has 0 radical (unpaired) electrons. The van der Waals surface area contributed by atoms with Gasteiger partial charge in [-0.2, -0.15) is 0 Å². The molecule has 0 aliphatic heterocycles. The molecule has 0 aliphatic rings. The van der Waals surface area contributed by atoms with E-state index in [9.17, 15) is 0 Å². The van der Waals surface area contributed by atoms with Crippen LogP contribution in [0.4, 0.5) is 0 Å². The summed E-state index contributed by atoms with van der Waals surface area (Å²) in [6, 6.07) is 7.62. The third-order valence-electron chi connectivity index (χ3n) is 3.19. The van der Waals surface area contributed by atoms with Crippen LogP contribution in [-0.2, 0) is 0 Å². The van der Waals surface area contributed by atoms with Crippen molar-refractivity contribution < 1.29 is 9.47 Å². The number of hydrogen-bond donors (Lipinski definition) is 1. The predicted molar refractivity (Wildman–Crippen MR) is 79.4 cm³/mol. The average Bonchev–Trinajstić information content (AvgIpc) is 2.75. The molecule has 0 fully saturated rings. The van der Waals surface area contributed by atoms with Crippen LogP contribution in [-0.4, -0.2) is 14.2 Å². The summed E-state index contributed by atoms with van der Waals surface area (Å²) >= 11 is 1.76. The van der Waals surface area contributed by atoms with Crippen molar-refractivity contribution in [3.05, 3.63) is 45.1 Å². The van der Waals surface area contributed by atoms with E-state index in [0.717, 1.165) is 22.6 Å². The second-order valence-electron chi connectivity index (χ2n) is 4.42. The Morgan fingerprint density at radius 2 is 1.68 bits per heavy atom. The molecule has 0 bridgehead atoms. The summed E-state index contributed by atoms with van der Waals surface area (Å²) < 4.78 is 10.8. The summed E-state index contributed by atoms with van der Waals surface area (Å²) in [5.74, 6) is 1.52. The minimum Gasteiger partial charge on any atom is -0.496 e. The highest BCUT2D eigenvalue weighted by Crippen LogP contribution is 2.38. The summed E-state index contributed by atoms with van der Waals surface area (Å²) in [6.07, 6.45) is 0. The molecule has 3 nitrogen and oxygen atoms in total. The topological polar surface area (TPSA) is 44.5 Å². The highest BCUT2D eigenvalue weighted by Gasteiger charge is 2.21. The van der Waals surface area contributed by atoms with Gasteiger partial charge in [-0.15, -0.1) is 11.3 Å². The SMILES string of the molecule is COc1cccc(OC)c1C(N)c1cc(C)sc1C. The van der Waals surface area contributed by atoms with Gasteiger partial charge in [0.05, 0.1) is 25.8 Å². The Kier molecular flexibility index (Phi) is 4.12. The first-order valence-corrected chi connectivity index (χ1v) is 6.93. The van der Waals surface area contributed by atoms with E-state index >= 15 is 0 Å². The number of benzene rings is 1. The normalized spacial score (nSPS) is 12.3. The Morgan fingerprint density at radius 3 is 2.11 bits per heavy atom. The minimum atomic E-state index is -0.240. The third-order valence-corrected chi connectivity index (χ3v) is 4.17. The Balaban J connectivity index is 2.54. The van der Waals surface area contributed by atoms with E-state index in [1.54, 1.807) is 25.6 Å². The lowest BCUT2D eigenvalue weighted by atomic mass is 9.98. The largest absolute Gasteiger partial charge is 0.496 e. The first-order chi connectivity index (χ1) is 9.08. The van der Waals surface area contributed by atoms with Crippen LogP contribution in [0.15, 0.2) is 24.3 Å². The van der Waals surface area contributed by atoms with Gasteiger partial charge in [-0.1, -0.05) is 6.07 Å². The maximum absolute atomic E-state index is 6.43. The summed E-state index contributed by atoms with van der Waals surface area (Å²) in [5, 5.41) is 0. The van der Waals surface area contributed by atoms with Gasteiger partial charge in [-0.3, -0.25) is 0 Å². The molecule has 1 heterocycles. The molecule has 4 heteroatoms. The molecular formula is C15H19NO2S. The number of methoxy groups -OCH3 is 2. The quantitative estimate of drug-likeness (QED) is 0.931. The molecule has 1 aromatic heterocycles. The van der Waals surface area contributed by atoms with Crippen LogP contribution >= 0.6 is 11.3 Å². The zero-order valence-electron chi connectivity index (χ0n) is 11.7. The molecule has 1 unspecified atom stereocenters. The van der Waals surface area contributed by atoms with Gasteiger partial charge in [-0.25, -0.2) is 0 Å². The monoisotopic (exact) mass is 277 g/mol. The van der Waals surface area contributed by atoms with E-state index in [4.69, 9.17) is 15.2 Å². The Hall–Kier alpha value is -1.52. The van der Waals surface area contributed by atoms with Crippen molar-refractivity contribution in [3.8, 4) is 11.5 Å². The van der Waals surface area contributed by atoms with Crippen molar-refractivity contribution in [1.29, 1.82) is 0 Å². The lowest BCUT2D eigenvalue weighted by Gasteiger charge is -2.19. The summed E-state index contributed by atoms with van der Waals surface area (Å²) in [4.78, 5) is 2.50. The number of nitrogens with two attached hydrogens (primary N) is 1. The molecule has 0 amide bonds. The van der Waals surface area contributed by atoms with Crippen molar-refractivity contribution in [3.63, 3.8) is 0 Å². The summed E-state index contributed by atoms with van der Waals surface area (Å²) in [5.41, 5.74) is 8.46. The number of hydrogen-bond acceptors (Lipinski definition) is 4. The van der Waals surface area contributed by atoms with Crippen molar-refractivity contribution in [2.75, 3.05) is 14.2 Å². The van der Waals surface area contributed by atoms with Crippen molar-refractivity contribution >= 4 is 11.3 Å². The molecule has 2 aromatic rings. The third kappa shape index (κ3) is 2.60. The highest BCUT2D eigenvalue weighted by molar-refractivity contribution is 7.12. The Morgan fingerprint density at radius 1 is 1.11 bits per heavy atom. The van der Waals surface area contributed by atoms with Crippen molar-refractivity contribution in [1.82, 2.24) is 0 Å². The smallest absolute Gasteiger partial charge is 0.127 e. The van der Waals surface area contributed by atoms with Crippen LogP contribution in [0.2, 0.25) is 0 Å². The molecule has 1 aromatic carbocycles. The second-order valence-corrected chi connectivity index (χ2v) is 5.88. The van der Waals surface area contributed by atoms with E-state index in [1.807, 2.05) is 18.2 Å². The predicted octanol–water partition coefficient (Wildman–Crippen LogP) is 3.43. The van der Waals surface area contributed by atoms with E-state index in [0.29, 0.717) is 0 Å². The molecule has 0 saturated carbocycles. The standard InChI is InChI=1S/C15H19NO2S/c1-9-8-11(10(2)19-9)15(16)14-12(17-3)6-5-7-13(14)18-4/h5-8,15H,16H2,1-4H3. The Labute approximate surface area is 118 Å². The molecular weight excluding hydrogens is 258 g/mol. The van der Waals surface area contributed by atoms with E-state index < -0.39 is 0 Å². The molecule has 0 aliphatic carbocycles. The van der Waals surface area contributed by atoms with E-state index in [2.05, 4.69) is 19.9 Å². The second kappa shape index (κ2) is 5.63. The van der Waals surface area contributed by atoms with Gasteiger partial charge in [0.2, 0.25) is 0 Å². The highest BCUT2D eigenvalue weighted by atomic mass is 32.1.